The van der Waals surface area contributed by atoms with E-state index in [-0.39, 0.29) is 11.7 Å². The molecule has 130 valence electrons. The molecule has 0 radical (unpaired) electrons. The van der Waals surface area contributed by atoms with Gasteiger partial charge in [-0.3, -0.25) is 4.79 Å². The SMILES string of the molecule is CC(=O)Oc1ccc(-c2ncc(OC(=O)c3ccc(C)cc3)cn2)cc1. The molecule has 0 fully saturated rings. The van der Waals surface area contributed by atoms with Gasteiger partial charge in [-0.15, -0.1) is 0 Å². The Morgan fingerprint density at radius 1 is 0.808 bits per heavy atom. The molecule has 0 saturated heterocycles. The lowest BCUT2D eigenvalue weighted by atomic mass is 10.1. The minimum absolute atomic E-state index is 0.260. The Morgan fingerprint density at radius 3 is 2.00 bits per heavy atom. The summed E-state index contributed by atoms with van der Waals surface area (Å²) in [6.07, 6.45) is 2.88. The number of aryl methyl sites for hydroxylation is 1. The van der Waals surface area contributed by atoms with Gasteiger partial charge < -0.3 is 9.47 Å². The quantitative estimate of drug-likeness (QED) is 0.529. The molecule has 6 nitrogen and oxygen atoms in total. The molecule has 1 aromatic heterocycles. The van der Waals surface area contributed by atoms with Crippen LogP contribution in [0.1, 0.15) is 22.8 Å². The third kappa shape index (κ3) is 4.30. The van der Waals surface area contributed by atoms with E-state index in [4.69, 9.17) is 9.47 Å². The minimum atomic E-state index is -0.466. The molecule has 0 aliphatic heterocycles. The molecule has 3 aromatic rings. The van der Waals surface area contributed by atoms with Gasteiger partial charge in [0, 0.05) is 12.5 Å². The zero-order valence-corrected chi connectivity index (χ0v) is 14.3. The smallest absolute Gasteiger partial charge is 0.343 e. The summed E-state index contributed by atoms with van der Waals surface area (Å²) in [5.41, 5.74) is 2.27. The lowest BCUT2D eigenvalue weighted by Crippen LogP contribution is -2.09. The van der Waals surface area contributed by atoms with Gasteiger partial charge in [-0.2, -0.15) is 0 Å². The molecule has 3 rings (SSSR count). The van der Waals surface area contributed by atoms with E-state index in [1.165, 1.54) is 19.3 Å². The van der Waals surface area contributed by atoms with Crippen molar-refractivity contribution in [2.24, 2.45) is 0 Å². The fourth-order valence-corrected chi connectivity index (χ4v) is 2.21. The third-order valence-corrected chi connectivity index (χ3v) is 3.50. The van der Waals surface area contributed by atoms with Crippen molar-refractivity contribution in [2.75, 3.05) is 0 Å². The Morgan fingerprint density at radius 2 is 1.42 bits per heavy atom. The molecule has 6 heteroatoms. The summed E-state index contributed by atoms with van der Waals surface area (Å²) in [7, 11) is 0. The maximum absolute atomic E-state index is 12.1. The highest BCUT2D eigenvalue weighted by molar-refractivity contribution is 5.91. The molecule has 0 spiro atoms. The maximum Gasteiger partial charge on any atom is 0.343 e. The van der Waals surface area contributed by atoms with E-state index in [2.05, 4.69) is 9.97 Å². The van der Waals surface area contributed by atoms with Crippen LogP contribution in [0.5, 0.6) is 11.5 Å². The number of hydrogen-bond donors (Lipinski definition) is 0. The van der Waals surface area contributed by atoms with Crippen LogP contribution in [0.4, 0.5) is 0 Å². The molecule has 0 aliphatic rings. The highest BCUT2D eigenvalue weighted by Gasteiger charge is 2.10. The van der Waals surface area contributed by atoms with Crippen molar-refractivity contribution < 1.29 is 19.1 Å². The van der Waals surface area contributed by atoms with Crippen LogP contribution in [0.3, 0.4) is 0 Å². The van der Waals surface area contributed by atoms with Gasteiger partial charge >= 0.3 is 11.9 Å². The number of carbonyl (C=O) groups excluding carboxylic acids is 2. The number of hydrogen-bond acceptors (Lipinski definition) is 6. The normalized spacial score (nSPS) is 10.2. The largest absolute Gasteiger partial charge is 0.427 e. The van der Waals surface area contributed by atoms with Gasteiger partial charge in [0.15, 0.2) is 11.6 Å². The molecule has 0 atom stereocenters. The monoisotopic (exact) mass is 348 g/mol. The van der Waals surface area contributed by atoms with E-state index in [9.17, 15) is 9.59 Å². The average Bonchev–Trinajstić information content (AvgIpc) is 2.63. The Labute approximate surface area is 150 Å². The molecule has 0 aliphatic carbocycles. The molecule has 0 bridgehead atoms. The van der Waals surface area contributed by atoms with Crippen LogP contribution in [0.2, 0.25) is 0 Å². The van der Waals surface area contributed by atoms with Crippen molar-refractivity contribution >= 4 is 11.9 Å². The van der Waals surface area contributed by atoms with Crippen molar-refractivity contribution in [2.45, 2.75) is 13.8 Å². The van der Waals surface area contributed by atoms with E-state index in [1.807, 2.05) is 19.1 Å². The van der Waals surface area contributed by atoms with Gasteiger partial charge in [-0.25, -0.2) is 14.8 Å². The molecule has 0 unspecified atom stereocenters. The summed E-state index contributed by atoms with van der Waals surface area (Å²) in [5, 5.41) is 0. The molecule has 0 amide bonds. The highest BCUT2D eigenvalue weighted by atomic mass is 16.5. The molecular weight excluding hydrogens is 332 g/mol. The van der Waals surface area contributed by atoms with Crippen LogP contribution in [0.25, 0.3) is 11.4 Å². The number of carbonyl (C=O) groups is 2. The second-order valence-electron chi connectivity index (χ2n) is 5.62. The van der Waals surface area contributed by atoms with E-state index < -0.39 is 5.97 Å². The number of aromatic nitrogens is 2. The number of ether oxygens (including phenoxy) is 2. The van der Waals surface area contributed by atoms with E-state index >= 15 is 0 Å². The zero-order valence-electron chi connectivity index (χ0n) is 14.3. The molecule has 2 aromatic carbocycles. The first-order valence-corrected chi connectivity index (χ1v) is 7.91. The van der Waals surface area contributed by atoms with Crippen molar-refractivity contribution in [3.05, 3.63) is 72.1 Å². The summed E-state index contributed by atoms with van der Waals surface area (Å²) in [6, 6.07) is 13.9. The summed E-state index contributed by atoms with van der Waals surface area (Å²) in [6.45, 7) is 3.29. The first-order valence-electron chi connectivity index (χ1n) is 7.91. The van der Waals surface area contributed by atoms with Gasteiger partial charge in [0.05, 0.1) is 18.0 Å². The summed E-state index contributed by atoms with van der Waals surface area (Å²) in [5.74, 6) is 0.330. The zero-order chi connectivity index (χ0) is 18.5. The van der Waals surface area contributed by atoms with Gasteiger partial charge in [-0.1, -0.05) is 17.7 Å². The number of benzene rings is 2. The number of esters is 2. The van der Waals surface area contributed by atoms with Crippen LogP contribution in [-0.4, -0.2) is 21.9 Å². The second-order valence-corrected chi connectivity index (χ2v) is 5.62. The Bertz CT molecular complexity index is 918. The van der Waals surface area contributed by atoms with Crippen LogP contribution < -0.4 is 9.47 Å². The van der Waals surface area contributed by atoms with E-state index in [0.29, 0.717) is 17.1 Å². The lowest BCUT2D eigenvalue weighted by molar-refractivity contribution is -0.131. The number of rotatable bonds is 4. The standard InChI is InChI=1S/C20H16N2O4/c1-13-3-5-16(6-4-13)20(24)26-18-11-21-19(22-12-18)15-7-9-17(10-8-15)25-14(2)23/h3-12H,1-2H3. The average molecular weight is 348 g/mol. The highest BCUT2D eigenvalue weighted by Crippen LogP contribution is 2.20. The lowest BCUT2D eigenvalue weighted by Gasteiger charge is -2.06. The van der Waals surface area contributed by atoms with Crippen LogP contribution in [0.15, 0.2) is 60.9 Å². The van der Waals surface area contributed by atoms with Gasteiger partial charge in [-0.05, 0) is 43.3 Å². The Balaban J connectivity index is 1.69. The van der Waals surface area contributed by atoms with Crippen LogP contribution in [0, 0.1) is 6.92 Å². The first kappa shape index (κ1) is 17.3. The van der Waals surface area contributed by atoms with Crippen molar-refractivity contribution in [3.8, 4) is 22.9 Å². The summed E-state index contributed by atoms with van der Waals surface area (Å²) >= 11 is 0. The fraction of sp³-hybridized carbons (Fsp3) is 0.100. The molecule has 1 heterocycles. The molecule has 26 heavy (non-hydrogen) atoms. The Kier molecular flexibility index (Phi) is 5.03. The first-order chi connectivity index (χ1) is 12.5. The molecule has 0 saturated carbocycles. The fourth-order valence-electron chi connectivity index (χ4n) is 2.21. The molecule has 0 N–H and O–H groups in total. The maximum atomic E-state index is 12.1. The predicted octanol–water partition coefficient (Wildman–Crippen LogP) is 3.60. The van der Waals surface area contributed by atoms with Gasteiger partial charge in [0.25, 0.3) is 0 Å². The summed E-state index contributed by atoms with van der Waals surface area (Å²) in [4.78, 5) is 31.4. The summed E-state index contributed by atoms with van der Waals surface area (Å²) < 4.78 is 10.3. The third-order valence-electron chi connectivity index (χ3n) is 3.50. The Hall–Kier alpha value is -3.54. The van der Waals surface area contributed by atoms with E-state index in [1.54, 1.807) is 36.4 Å². The van der Waals surface area contributed by atoms with Crippen LogP contribution >= 0.6 is 0 Å². The van der Waals surface area contributed by atoms with E-state index in [0.717, 1.165) is 11.1 Å². The van der Waals surface area contributed by atoms with Crippen molar-refractivity contribution in [1.29, 1.82) is 0 Å². The topological polar surface area (TPSA) is 78.4 Å². The minimum Gasteiger partial charge on any atom is -0.427 e. The van der Waals surface area contributed by atoms with Crippen molar-refractivity contribution in [3.63, 3.8) is 0 Å². The second kappa shape index (κ2) is 7.57. The number of nitrogens with zero attached hydrogens (tertiary/aromatic N) is 2. The molecular formula is C20H16N2O4. The van der Waals surface area contributed by atoms with Crippen molar-refractivity contribution in [1.82, 2.24) is 9.97 Å². The predicted molar refractivity (Wildman–Crippen MR) is 94.9 cm³/mol. The van der Waals surface area contributed by atoms with Gasteiger partial charge in [0.2, 0.25) is 0 Å². The van der Waals surface area contributed by atoms with Crippen LogP contribution in [-0.2, 0) is 4.79 Å². The van der Waals surface area contributed by atoms with Gasteiger partial charge in [0.1, 0.15) is 5.75 Å².